The Morgan fingerprint density at radius 1 is 1.07 bits per heavy atom. The van der Waals surface area contributed by atoms with E-state index in [1.807, 2.05) is 31.3 Å². The van der Waals surface area contributed by atoms with Gasteiger partial charge in [-0.25, -0.2) is 8.42 Å². The van der Waals surface area contributed by atoms with Crippen LogP contribution in [0.5, 0.6) is 5.75 Å². The number of benzene rings is 2. The second kappa shape index (κ2) is 8.94. The molecule has 1 heterocycles. The van der Waals surface area contributed by atoms with Gasteiger partial charge in [0.05, 0.1) is 12.0 Å². The normalized spacial score (nSPS) is 15.8. The lowest BCUT2D eigenvalue weighted by Crippen LogP contribution is -2.47. The van der Waals surface area contributed by atoms with Gasteiger partial charge in [0.25, 0.3) is 5.91 Å². The minimum atomic E-state index is -3.61. The zero-order valence-electron chi connectivity index (χ0n) is 17.0. The lowest BCUT2D eigenvalue weighted by molar-refractivity contribution is 0.0785. The highest BCUT2D eigenvalue weighted by molar-refractivity contribution is 7.89. The largest absolute Gasteiger partial charge is 0.497 e. The van der Waals surface area contributed by atoms with Crippen molar-refractivity contribution in [1.29, 1.82) is 0 Å². The van der Waals surface area contributed by atoms with Crippen LogP contribution in [-0.4, -0.2) is 75.8 Å². The number of amides is 1. The maximum absolute atomic E-state index is 13.0. The Labute approximate surface area is 172 Å². The van der Waals surface area contributed by atoms with Crippen LogP contribution in [0.1, 0.15) is 15.9 Å². The van der Waals surface area contributed by atoms with E-state index < -0.39 is 10.0 Å². The molecule has 2 aromatic carbocycles. The van der Waals surface area contributed by atoms with Crippen LogP contribution in [0.15, 0.2) is 53.4 Å². The van der Waals surface area contributed by atoms with E-state index in [9.17, 15) is 13.2 Å². The summed E-state index contributed by atoms with van der Waals surface area (Å²) in [5, 5.41) is 0. The summed E-state index contributed by atoms with van der Waals surface area (Å²) in [6.45, 7) is 2.71. The summed E-state index contributed by atoms with van der Waals surface area (Å²) in [6, 6.07) is 13.8. The number of hydrogen-bond acceptors (Lipinski definition) is 5. The van der Waals surface area contributed by atoms with Gasteiger partial charge in [0.1, 0.15) is 5.75 Å². The standard InChI is InChI=1S/C21H27N3O4S/c1-22-11-13-24(14-12-22)29(26,27)20-6-4-5-18(15-20)21(25)23(2)16-17-7-9-19(28-3)10-8-17/h4-10,15H,11-14,16H2,1-3H3. The number of likely N-dealkylation sites (N-methyl/N-ethyl adjacent to an activating group) is 1. The zero-order valence-corrected chi connectivity index (χ0v) is 17.9. The molecule has 0 aromatic heterocycles. The lowest BCUT2D eigenvalue weighted by atomic mass is 10.1. The average Bonchev–Trinajstić information content (AvgIpc) is 2.74. The van der Waals surface area contributed by atoms with Gasteiger partial charge in [0.2, 0.25) is 10.0 Å². The fourth-order valence-electron chi connectivity index (χ4n) is 3.26. The molecule has 0 radical (unpaired) electrons. The fourth-order valence-corrected chi connectivity index (χ4v) is 4.73. The molecular formula is C21H27N3O4S. The van der Waals surface area contributed by atoms with E-state index in [0.29, 0.717) is 38.3 Å². The molecule has 0 saturated carbocycles. The first-order valence-electron chi connectivity index (χ1n) is 9.48. The molecule has 1 amide bonds. The average molecular weight is 418 g/mol. The molecule has 29 heavy (non-hydrogen) atoms. The van der Waals surface area contributed by atoms with Crippen molar-refractivity contribution < 1.29 is 17.9 Å². The minimum absolute atomic E-state index is 0.158. The molecule has 0 N–H and O–H groups in total. The smallest absolute Gasteiger partial charge is 0.253 e. The van der Waals surface area contributed by atoms with Crippen molar-refractivity contribution in [1.82, 2.24) is 14.1 Å². The van der Waals surface area contributed by atoms with E-state index in [1.165, 1.54) is 10.4 Å². The van der Waals surface area contributed by atoms with Crippen molar-refractivity contribution in [2.24, 2.45) is 0 Å². The quantitative estimate of drug-likeness (QED) is 0.718. The lowest BCUT2D eigenvalue weighted by Gasteiger charge is -2.31. The van der Waals surface area contributed by atoms with Gasteiger partial charge >= 0.3 is 0 Å². The van der Waals surface area contributed by atoms with Crippen LogP contribution in [0.4, 0.5) is 0 Å². The Hall–Kier alpha value is -2.42. The summed E-state index contributed by atoms with van der Waals surface area (Å²) >= 11 is 0. The van der Waals surface area contributed by atoms with Crippen LogP contribution in [0.3, 0.4) is 0 Å². The Bertz CT molecular complexity index is 952. The van der Waals surface area contributed by atoms with Gasteiger partial charge in [-0.05, 0) is 42.9 Å². The SMILES string of the molecule is COc1ccc(CN(C)C(=O)c2cccc(S(=O)(=O)N3CCN(C)CC3)c2)cc1. The number of rotatable bonds is 6. The van der Waals surface area contributed by atoms with Crippen molar-refractivity contribution in [3.8, 4) is 5.75 Å². The maximum Gasteiger partial charge on any atom is 0.253 e. The van der Waals surface area contributed by atoms with Gasteiger partial charge in [-0.15, -0.1) is 0 Å². The fraction of sp³-hybridized carbons (Fsp3) is 0.381. The minimum Gasteiger partial charge on any atom is -0.497 e. The van der Waals surface area contributed by atoms with Gasteiger partial charge in [0, 0.05) is 45.3 Å². The number of nitrogens with zero attached hydrogens (tertiary/aromatic N) is 3. The molecule has 3 rings (SSSR count). The number of carbonyl (C=O) groups excluding carboxylic acids is 1. The molecule has 8 heteroatoms. The second-order valence-electron chi connectivity index (χ2n) is 7.24. The van der Waals surface area contributed by atoms with Gasteiger partial charge < -0.3 is 14.5 Å². The molecule has 1 aliphatic rings. The third kappa shape index (κ3) is 4.95. The molecule has 1 saturated heterocycles. The molecule has 7 nitrogen and oxygen atoms in total. The van der Waals surface area contributed by atoms with Gasteiger partial charge in [-0.3, -0.25) is 4.79 Å². The highest BCUT2D eigenvalue weighted by Crippen LogP contribution is 2.20. The molecule has 1 fully saturated rings. The molecule has 2 aromatic rings. The van der Waals surface area contributed by atoms with E-state index in [2.05, 4.69) is 4.90 Å². The van der Waals surface area contributed by atoms with Crippen LogP contribution in [0, 0.1) is 0 Å². The van der Waals surface area contributed by atoms with Crippen LogP contribution < -0.4 is 4.74 Å². The van der Waals surface area contributed by atoms with Crippen molar-refractivity contribution in [3.63, 3.8) is 0 Å². The molecule has 0 aliphatic carbocycles. The number of sulfonamides is 1. The number of hydrogen-bond donors (Lipinski definition) is 0. The first-order valence-corrected chi connectivity index (χ1v) is 10.9. The molecule has 0 spiro atoms. The van der Waals surface area contributed by atoms with Crippen molar-refractivity contribution in [3.05, 3.63) is 59.7 Å². The highest BCUT2D eigenvalue weighted by atomic mass is 32.2. The molecule has 156 valence electrons. The summed E-state index contributed by atoms with van der Waals surface area (Å²) in [6.07, 6.45) is 0. The van der Waals surface area contributed by atoms with E-state index >= 15 is 0 Å². The number of piperazine rings is 1. The van der Waals surface area contributed by atoms with Crippen LogP contribution >= 0.6 is 0 Å². The summed E-state index contributed by atoms with van der Waals surface area (Å²) in [4.78, 5) is 16.7. The monoisotopic (exact) mass is 417 g/mol. The Kier molecular flexibility index (Phi) is 6.56. The zero-order chi connectivity index (χ0) is 21.0. The third-order valence-corrected chi connectivity index (χ3v) is 7.00. The topological polar surface area (TPSA) is 70.2 Å². The second-order valence-corrected chi connectivity index (χ2v) is 9.18. The van der Waals surface area contributed by atoms with Gasteiger partial charge in [0.15, 0.2) is 0 Å². The predicted molar refractivity (Wildman–Crippen MR) is 111 cm³/mol. The Balaban J connectivity index is 1.74. The molecule has 1 aliphatic heterocycles. The van der Waals surface area contributed by atoms with E-state index in [1.54, 1.807) is 37.3 Å². The van der Waals surface area contributed by atoms with Crippen molar-refractivity contribution in [2.45, 2.75) is 11.4 Å². The molecule has 0 bridgehead atoms. The maximum atomic E-state index is 13.0. The predicted octanol–water partition coefficient (Wildman–Crippen LogP) is 1.90. The van der Waals surface area contributed by atoms with E-state index in [4.69, 9.17) is 4.74 Å². The first-order chi connectivity index (χ1) is 13.8. The van der Waals surface area contributed by atoms with Crippen molar-refractivity contribution in [2.75, 3.05) is 47.4 Å². The number of methoxy groups -OCH3 is 1. The van der Waals surface area contributed by atoms with E-state index in [0.717, 1.165) is 11.3 Å². The third-order valence-electron chi connectivity index (χ3n) is 5.11. The number of ether oxygens (including phenoxy) is 1. The van der Waals surface area contributed by atoms with Crippen LogP contribution in [-0.2, 0) is 16.6 Å². The van der Waals surface area contributed by atoms with Gasteiger partial charge in [-0.2, -0.15) is 4.31 Å². The summed E-state index contributed by atoms with van der Waals surface area (Å²) < 4.78 is 32.6. The van der Waals surface area contributed by atoms with Crippen LogP contribution in [0.25, 0.3) is 0 Å². The highest BCUT2D eigenvalue weighted by Gasteiger charge is 2.28. The van der Waals surface area contributed by atoms with E-state index in [-0.39, 0.29) is 10.8 Å². The molecule has 0 unspecified atom stereocenters. The van der Waals surface area contributed by atoms with Crippen LogP contribution in [0.2, 0.25) is 0 Å². The Morgan fingerprint density at radius 2 is 1.72 bits per heavy atom. The summed E-state index contributed by atoms with van der Waals surface area (Å²) in [7, 11) is 1.67. The van der Waals surface area contributed by atoms with Gasteiger partial charge in [-0.1, -0.05) is 18.2 Å². The molecule has 0 atom stereocenters. The number of carbonyl (C=O) groups is 1. The Morgan fingerprint density at radius 3 is 2.34 bits per heavy atom. The molecular weight excluding hydrogens is 390 g/mol. The van der Waals surface area contributed by atoms with Crippen molar-refractivity contribution >= 4 is 15.9 Å². The summed E-state index contributed by atoms with van der Waals surface area (Å²) in [5.41, 5.74) is 1.32. The summed E-state index contributed by atoms with van der Waals surface area (Å²) in [5.74, 6) is 0.529. The first kappa shape index (κ1) is 21.3.